The third-order valence-electron chi connectivity index (χ3n) is 3.47. The van der Waals surface area contributed by atoms with Crippen molar-refractivity contribution < 1.29 is 13.2 Å². The van der Waals surface area contributed by atoms with E-state index in [1.165, 1.54) is 12.1 Å². The zero-order valence-corrected chi connectivity index (χ0v) is 13.3. The summed E-state index contributed by atoms with van der Waals surface area (Å²) in [6, 6.07) is 13.2. The van der Waals surface area contributed by atoms with Gasteiger partial charge in [-0.15, -0.1) is 5.10 Å². The molecule has 0 spiro atoms. The molecule has 0 saturated carbocycles. The van der Waals surface area contributed by atoms with E-state index in [2.05, 4.69) is 10.3 Å². The Labute approximate surface area is 133 Å². The number of sulfone groups is 1. The van der Waals surface area contributed by atoms with E-state index in [0.29, 0.717) is 17.5 Å². The van der Waals surface area contributed by atoms with Crippen LogP contribution >= 0.6 is 0 Å². The first-order valence-electron chi connectivity index (χ1n) is 7.21. The molecule has 0 saturated heterocycles. The molecule has 0 radical (unpaired) electrons. The molecule has 3 rings (SSSR count). The van der Waals surface area contributed by atoms with Crippen LogP contribution in [0.1, 0.15) is 23.7 Å². The van der Waals surface area contributed by atoms with Crippen molar-refractivity contribution in [2.45, 2.75) is 18.2 Å². The summed E-state index contributed by atoms with van der Waals surface area (Å²) in [5.41, 5.74) is 1.23. The van der Waals surface area contributed by atoms with Gasteiger partial charge in [0, 0.05) is 0 Å². The Bertz CT molecular complexity index is 977. The molecule has 0 atom stereocenters. The lowest BCUT2D eigenvalue weighted by molar-refractivity contribution is 0.0945. The van der Waals surface area contributed by atoms with E-state index >= 15 is 0 Å². The highest BCUT2D eigenvalue weighted by Gasteiger charge is 2.23. The highest BCUT2D eigenvalue weighted by atomic mass is 32.2. The van der Waals surface area contributed by atoms with Gasteiger partial charge in [-0.2, -0.15) is 4.68 Å². The standard InChI is InChI=1S/C16H15N3O3S/c1-2-11-23(21,22)15-10-6-3-7-12(15)16(20)19-14-9-5-4-8-13(14)17-18-19/h3-10H,2,11H2,1H3. The normalized spacial score (nSPS) is 11.7. The van der Waals surface area contributed by atoms with E-state index in [4.69, 9.17) is 0 Å². The number of fused-ring (bicyclic) bond motifs is 1. The maximum atomic E-state index is 12.8. The van der Waals surface area contributed by atoms with Crippen LogP contribution in [0, 0.1) is 0 Å². The molecule has 7 heteroatoms. The van der Waals surface area contributed by atoms with Gasteiger partial charge < -0.3 is 0 Å². The molecular weight excluding hydrogens is 314 g/mol. The molecule has 0 fully saturated rings. The minimum atomic E-state index is -3.51. The van der Waals surface area contributed by atoms with Gasteiger partial charge in [0.1, 0.15) is 5.52 Å². The first kappa shape index (κ1) is 15.4. The van der Waals surface area contributed by atoms with Gasteiger partial charge in [0.25, 0.3) is 5.91 Å². The third-order valence-corrected chi connectivity index (χ3v) is 5.44. The largest absolute Gasteiger partial charge is 0.281 e. The smallest absolute Gasteiger partial charge is 0.267 e. The van der Waals surface area contributed by atoms with Crippen molar-refractivity contribution in [3.8, 4) is 0 Å². The van der Waals surface area contributed by atoms with Crippen LogP contribution in [0.2, 0.25) is 0 Å². The molecule has 118 valence electrons. The number of carbonyl (C=O) groups is 1. The lowest BCUT2D eigenvalue weighted by Crippen LogP contribution is -2.18. The summed E-state index contributed by atoms with van der Waals surface area (Å²) in [4.78, 5) is 12.8. The number of carbonyl (C=O) groups excluding carboxylic acids is 1. The van der Waals surface area contributed by atoms with Crippen molar-refractivity contribution in [1.82, 2.24) is 15.0 Å². The van der Waals surface area contributed by atoms with Crippen LogP contribution < -0.4 is 0 Å². The zero-order chi connectivity index (χ0) is 16.4. The van der Waals surface area contributed by atoms with Crippen molar-refractivity contribution in [1.29, 1.82) is 0 Å². The number of nitrogens with zero attached hydrogens (tertiary/aromatic N) is 3. The fourth-order valence-corrected chi connectivity index (χ4v) is 3.96. The van der Waals surface area contributed by atoms with Gasteiger partial charge >= 0.3 is 0 Å². The van der Waals surface area contributed by atoms with E-state index in [1.54, 1.807) is 43.3 Å². The maximum Gasteiger partial charge on any atom is 0.281 e. The van der Waals surface area contributed by atoms with Gasteiger partial charge in [0.2, 0.25) is 0 Å². The number of para-hydroxylation sites is 1. The lowest BCUT2D eigenvalue weighted by atomic mass is 10.2. The SMILES string of the molecule is CCCS(=O)(=O)c1ccccc1C(=O)n1nnc2ccccc21. The molecule has 0 aliphatic heterocycles. The molecule has 6 nitrogen and oxygen atoms in total. The van der Waals surface area contributed by atoms with Crippen molar-refractivity contribution in [2.75, 3.05) is 5.75 Å². The third kappa shape index (κ3) is 2.75. The van der Waals surface area contributed by atoms with E-state index in [0.717, 1.165) is 4.68 Å². The second kappa shape index (κ2) is 5.92. The first-order valence-corrected chi connectivity index (χ1v) is 8.87. The molecule has 23 heavy (non-hydrogen) atoms. The van der Waals surface area contributed by atoms with Crippen LogP contribution in [-0.2, 0) is 9.84 Å². The fraction of sp³-hybridized carbons (Fsp3) is 0.188. The average Bonchev–Trinajstić information content (AvgIpc) is 2.98. The Kier molecular flexibility index (Phi) is 3.96. The lowest BCUT2D eigenvalue weighted by Gasteiger charge is -2.09. The van der Waals surface area contributed by atoms with Crippen molar-refractivity contribution in [2.24, 2.45) is 0 Å². The Hall–Kier alpha value is -2.54. The molecule has 1 aromatic heterocycles. The Morgan fingerprint density at radius 1 is 1.09 bits per heavy atom. The van der Waals surface area contributed by atoms with Crippen molar-refractivity contribution in [3.05, 3.63) is 54.1 Å². The van der Waals surface area contributed by atoms with E-state index < -0.39 is 15.7 Å². The second-order valence-electron chi connectivity index (χ2n) is 5.11. The molecule has 0 N–H and O–H groups in total. The van der Waals surface area contributed by atoms with E-state index in [-0.39, 0.29) is 16.2 Å². The molecule has 0 bridgehead atoms. The van der Waals surface area contributed by atoms with E-state index in [1.807, 2.05) is 0 Å². The van der Waals surface area contributed by atoms with Crippen LogP contribution in [0.15, 0.2) is 53.4 Å². The molecule has 0 aliphatic rings. The monoisotopic (exact) mass is 329 g/mol. The number of rotatable bonds is 4. The minimum absolute atomic E-state index is 0.00457. The van der Waals surface area contributed by atoms with Gasteiger partial charge in [0.15, 0.2) is 9.84 Å². The van der Waals surface area contributed by atoms with Crippen molar-refractivity contribution in [3.63, 3.8) is 0 Å². The molecule has 2 aromatic carbocycles. The molecule has 0 aliphatic carbocycles. The number of hydrogen-bond acceptors (Lipinski definition) is 5. The maximum absolute atomic E-state index is 12.8. The summed E-state index contributed by atoms with van der Waals surface area (Å²) in [7, 11) is -3.51. The van der Waals surface area contributed by atoms with Gasteiger partial charge in [-0.1, -0.05) is 36.4 Å². The molecule has 0 amide bonds. The molecule has 0 unspecified atom stereocenters. The van der Waals surface area contributed by atoms with Crippen LogP contribution in [0.25, 0.3) is 11.0 Å². The molecular formula is C16H15N3O3S. The molecule has 1 heterocycles. The first-order chi connectivity index (χ1) is 11.0. The molecule has 3 aromatic rings. The predicted octanol–water partition coefficient (Wildman–Crippen LogP) is 2.30. The fourth-order valence-electron chi connectivity index (χ4n) is 2.43. The highest BCUT2D eigenvalue weighted by Crippen LogP contribution is 2.20. The topological polar surface area (TPSA) is 81.9 Å². The van der Waals surface area contributed by atoms with Gasteiger partial charge in [0.05, 0.1) is 21.7 Å². The highest BCUT2D eigenvalue weighted by molar-refractivity contribution is 7.91. The van der Waals surface area contributed by atoms with Crippen LogP contribution in [0.3, 0.4) is 0 Å². The zero-order valence-electron chi connectivity index (χ0n) is 12.5. The number of benzene rings is 2. The van der Waals surface area contributed by atoms with E-state index in [9.17, 15) is 13.2 Å². The van der Waals surface area contributed by atoms with Gasteiger partial charge in [-0.25, -0.2) is 8.42 Å². The van der Waals surface area contributed by atoms with Crippen molar-refractivity contribution >= 4 is 26.8 Å². The number of hydrogen-bond donors (Lipinski definition) is 0. The second-order valence-corrected chi connectivity index (χ2v) is 7.19. The average molecular weight is 329 g/mol. The predicted molar refractivity (Wildman–Crippen MR) is 86.0 cm³/mol. The summed E-state index contributed by atoms with van der Waals surface area (Å²) < 4.78 is 25.9. The minimum Gasteiger partial charge on any atom is -0.267 e. The summed E-state index contributed by atoms with van der Waals surface area (Å²) in [6.07, 6.45) is 0.483. The van der Waals surface area contributed by atoms with Gasteiger partial charge in [-0.05, 0) is 30.7 Å². The Morgan fingerprint density at radius 3 is 2.57 bits per heavy atom. The van der Waals surface area contributed by atoms with Crippen LogP contribution in [0.4, 0.5) is 0 Å². The van der Waals surface area contributed by atoms with Gasteiger partial charge in [-0.3, -0.25) is 4.79 Å². The summed E-state index contributed by atoms with van der Waals surface area (Å²) in [5, 5.41) is 7.80. The summed E-state index contributed by atoms with van der Waals surface area (Å²) >= 11 is 0. The van der Waals surface area contributed by atoms with Crippen LogP contribution in [0.5, 0.6) is 0 Å². The quantitative estimate of drug-likeness (QED) is 0.733. The number of aromatic nitrogens is 3. The summed E-state index contributed by atoms with van der Waals surface area (Å²) in [5.74, 6) is -0.510. The Morgan fingerprint density at radius 2 is 1.78 bits per heavy atom. The Balaban J connectivity index is 2.14. The van der Waals surface area contributed by atoms with Crippen LogP contribution in [-0.4, -0.2) is 35.1 Å². The summed E-state index contributed by atoms with van der Waals surface area (Å²) in [6.45, 7) is 1.78.